The van der Waals surface area contributed by atoms with E-state index in [9.17, 15) is 0 Å². The summed E-state index contributed by atoms with van der Waals surface area (Å²) in [6.07, 6.45) is 1.94. The summed E-state index contributed by atoms with van der Waals surface area (Å²) in [5.74, 6) is 1.41. The van der Waals surface area contributed by atoms with Gasteiger partial charge < -0.3 is 14.8 Å². The van der Waals surface area contributed by atoms with Crippen LogP contribution in [0.1, 0.15) is 0 Å². The third-order valence-electron chi connectivity index (χ3n) is 1.97. The summed E-state index contributed by atoms with van der Waals surface area (Å²) in [7, 11) is 1.63. The van der Waals surface area contributed by atoms with E-state index in [4.69, 9.17) is 9.47 Å². The maximum atomic E-state index is 5.54. The summed E-state index contributed by atoms with van der Waals surface area (Å²) in [6.45, 7) is 1.80. The quantitative estimate of drug-likeness (QED) is 0.733. The van der Waals surface area contributed by atoms with Gasteiger partial charge in [-0.25, -0.2) is 4.98 Å². The van der Waals surface area contributed by atoms with Crippen molar-refractivity contribution in [2.75, 3.05) is 20.2 Å². The Morgan fingerprint density at radius 2 is 2.38 bits per heavy atom. The SMILES string of the molecule is COc1ccnc(OC2CNC2)c1. The minimum absolute atomic E-state index is 0.264. The molecule has 0 atom stereocenters. The second-order valence-electron chi connectivity index (χ2n) is 2.93. The Hall–Kier alpha value is -1.29. The number of nitrogens with one attached hydrogen (secondary N) is 1. The molecule has 0 saturated carbocycles. The lowest BCUT2D eigenvalue weighted by atomic mass is 10.2. The number of rotatable bonds is 3. The molecule has 1 aromatic heterocycles. The van der Waals surface area contributed by atoms with Crippen molar-refractivity contribution >= 4 is 0 Å². The molecule has 1 fully saturated rings. The molecule has 1 N–H and O–H groups in total. The number of methoxy groups -OCH3 is 1. The predicted molar refractivity (Wildman–Crippen MR) is 48.1 cm³/mol. The molecular weight excluding hydrogens is 168 g/mol. The molecule has 0 aromatic carbocycles. The van der Waals surface area contributed by atoms with Crippen LogP contribution in [-0.4, -0.2) is 31.3 Å². The Bertz CT molecular complexity index is 287. The van der Waals surface area contributed by atoms with Crippen molar-refractivity contribution in [3.63, 3.8) is 0 Å². The van der Waals surface area contributed by atoms with E-state index < -0.39 is 0 Å². The standard InChI is InChI=1S/C9H12N2O2/c1-12-7-2-3-11-9(4-7)13-8-5-10-6-8/h2-4,8,10H,5-6H2,1H3. The number of ether oxygens (including phenoxy) is 2. The topological polar surface area (TPSA) is 43.4 Å². The normalized spacial score (nSPS) is 16.4. The molecule has 0 radical (unpaired) electrons. The first kappa shape index (κ1) is 8.31. The van der Waals surface area contributed by atoms with E-state index in [-0.39, 0.29) is 6.10 Å². The molecule has 1 saturated heterocycles. The monoisotopic (exact) mass is 180 g/mol. The first-order chi connectivity index (χ1) is 6.38. The van der Waals surface area contributed by atoms with Crippen LogP contribution in [0.2, 0.25) is 0 Å². The third-order valence-corrected chi connectivity index (χ3v) is 1.97. The molecule has 1 aliphatic heterocycles. The van der Waals surface area contributed by atoms with Crippen LogP contribution >= 0.6 is 0 Å². The minimum atomic E-state index is 0.264. The lowest BCUT2D eigenvalue weighted by molar-refractivity contribution is 0.135. The van der Waals surface area contributed by atoms with Crippen molar-refractivity contribution in [3.05, 3.63) is 18.3 Å². The lowest BCUT2D eigenvalue weighted by Gasteiger charge is -2.27. The summed E-state index contributed by atoms with van der Waals surface area (Å²) < 4.78 is 10.6. The van der Waals surface area contributed by atoms with Gasteiger partial charge in [0, 0.05) is 25.4 Å². The molecule has 70 valence electrons. The largest absolute Gasteiger partial charge is 0.497 e. The molecular formula is C9H12N2O2. The van der Waals surface area contributed by atoms with Crippen molar-refractivity contribution < 1.29 is 9.47 Å². The van der Waals surface area contributed by atoms with E-state index >= 15 is 0 Å². The van der Waals surface area contributed by atoms with E-state index in [1.807, 2.05) is 0 Å². The first-order valence-corrected chi connectivity index (χ1v) is 4.26. The zero-order valence-electron chi connectivity index (χ0n) is 7.49. The molecule has 1 aliphatic rings. The fourth-order valence-electron chi connectivity index (χ4n) is 1.10. The highest BCUT2D eigenvalue weighted by Crippen LogP contribution is 2.17. The number of hydrogen-bond donors (Lipinski definition) is 1. The molecule has 0 unspecified atom stereocenters. The molecule has 2 heterocycles. The van der Waals surface area contributed by atoms with Gasteiger partial charge in [0.2, 0.25) is 5.88 Å². The fraction of sp³-hybridized carbons (Fsp3) is 0.444. The number of nitrogens with zero attached hydrogens (tertiary/aromatic N) is 1. The van der Waals surface area contributed by atoms with Gasteiger partial charge in [0.25, 0.3) is 0 Å². The van der Waals surface area contributed by atoms with Crippen molar-refractivity contribution in [1.29, 1.82) is 0 Å². The van der Waals surface area contributed by atoms with Gasteiger partial charge in [-0.3, -0.25) is 0 Å². The molecule has 0 spiro atoms. The van der Waals surface area contributed by atoms with E-state index in [0.717, 1.165) is 18.8 Å². The molecule has 4 heteroatoms. The van der Waals surface area contributed by atoms with Gasteiger partial charge in [0.05, 0.1) is 7.11 Å². The van der Waals surface area contributed by atoms with Crippen molar-refractivity contribution in [1.82, 2.24) is 10.3 Å². The van der Waals surface area contributed by atoms with Crippen LogP contribution in [0.3, 0.4) is 0 Å². The molecule has 0 amide bonds. The van der Waals surface area contributed by atoms with Crippen LogP contribution in [-0.2, 0) is 0 Å². The molecule has 1 aromatic rings. The highest BCUT2D eigenvalue weighted by Gasteiger charge is 2.18. The number of aromatic nitrogens is 1. The second-order valence-corrected chi connectivity index (χ2v) is 2.93. The van der Waals surface area contributed by atoms with Crippen LogP contribution in [0.4, 0.5) is 0 Å². The van der Waals surface area contributed by atoms with E-state index in [0.29, 0.717) is 5.88 Å². The summed E-state index contributed by atoms with van der Waals surface area (Å²) >= 11 is 0. The summed E-state index contributed by atoms with van der Waals surface area (Å²) in [4.78, 5) is 4.08. The van der Waals surface area contributed by atoms with Gasteiger partial charge in [-0.2, -0.15) is 0 Å². The molecule has 4 nitrogen and oxygen atoms in total. The average molecular weight is 180 g/mol. The smallest absolute Gasteiger partial charge is 0.217 e. The second kappa shape index (κ2) is 3.62. The van der Waals surface area contributed by atoms with Gasteiger partial charge in [-0.05, 0) is 6.07 Å². The Morgan fingerprint density at radius 3 is 3.00 bits per heavy atom. The highest BCUT2D eigenvalue weighted by atomic mass is 16.5. The summed E-state index contributed by atoms with van der Waals surface area (Å²) in [5, 5.41) is 3.13. The maximum absolute atomic E-state index is 5.54. The van der Waals surface area contributed by atoms with E-state index in [1.54, 1.807) is 25.4 Å². The number of hydrogen-bond acceptors (Lipinski definition) is 4. The van der Waals surface area contributed by atoms with E-state index in [2.05, 4.69) is 10.3 Å². The number of pyridine rings is 1. The van der Waals surface area contributed by atoms with Gasteiger partial charge in [0.15, 0.2) is 0 Å². The average Bonchev–Trinajstić information content (AvgIpc) is 2.12. The highest BCUT2D eigenvalue weighted by molar-refractivity contribution is 5.26. The Kier molecular flexibility index (Phi) is 2.31. The zero-order valence-corrected chi connectivity index (χ0v) is 7.49. The van der Waals surface area contributed by atoms with Crippen LogP contribution in [0.5, 0.6) is 11.6 Å². The van der Waals surface area contributed by atoms with Gasteiger partial charge >= 0.3 is 0 Å². The first-order valence-electron chi connectivity index (χ1n) is 4.26. The Morgan fingerprint density at radius 1 is 1.54 bits per heavy atom. The molecule has 13 heavy (non-hydrogen) atoms. The Labute approximate surface area is 76.9 Å². The minimum Gasteiger partial charge on any atom is -0.497 e. The molecule has 0 bridgehead atoms. The fourth-order valence-corrected chi connectivity index (χ4v) is 1.10. The zero-order chi connectivity index (χ0) is 9.10. The molecule has 0 aliphatic carbocycles. The summed E-state index contributed by atoms with van der Waals surface area (Å²) in [5.41, 5.74) is 0. The van der Waals surface area contributed by atoms with Gasteiger partial charge in [-0.15, -0.1) is 0 Å². The molecule has 2 rings (SSSR count). The predicted octanol–water partition coefficient (Wildman–Crippen LogP) is 0.441. The van der Waals surface area contributed by atoms with Gasteiger partial charge in [0.1, 0.15) is 11.9 Å². The van der Waals surface area contributed by atoms with Crippen molar-refractivity contribution in [3.8, 4) is 11.6 Å². The van der Waals surface area contributed by atoms with Crippen LogP contribution < -0.4 is 14.8 Å². The maximum Gasteiger partial charge on any atom is 0.217 e. The van der Waals surface area contributed by atoms with E-state index in [1.165, 1.54) is 0 Å². The van der Waals surface area contributed by atoms with Crippen molar-refractivity contribution in [2.24, 2.45) is 0 Å². The van der Waals surface area contributed by atoms with Crippen LogP contribution in [0, 0.1) is 0 Å². The lowest BCUT2D eigenvalue weighted by Crippen LogP contribution is -2.50. The Balaban J connectivity index is 2.01. The third kappa shape index (κ3) is 1.89. The summed E-state index contributed by atoms with van der Waals surface area (Å²) in [6, 6.07) is 3.59. The van der Waals surface area contributed by atoms with Gasteiger partial charge in [-0.1, -0.05) is 0 Å². The van der Waals surface area contributed by atoms with Crippen LogP contribution in [0.25, 0.3) is 0 Å². The van der Waals surface area contributed by atoms with Crippen LogP contribution in [0.15, 0.2) is 18.3 Å². The van der Waals surface area contributed by atoms with Crippen molar-refractivity contribution in [2.45, 2.75) is 6.10 Å².